The Hall–Kier alpha value is -3.58. The molecule has 0 bridgehead atoms. The molecule has 1 aromatic heterocycles. The first kappa shape index (κ1) is 25.1. The Morgan fingerprint density at radius 2 is 1.73 bits per heavy atom. The van der Waals surface area contributed by atoms with Crippen LogP contribution in [0.3, 0.4) is 0 Å². The molecule has 0 spiro atoms. The van der Waals surface area contributed by atoms with Crippen molar-refractivity contribution in [3.63, 3.8) is 0 Å². The number of anilines is 1. The smallest absolute Gasteiger partial charge is 0.295 e. The second-order valence-corrected chi connectivity index (χ2v) is 9.84. The van der Waals surface area contributed by atoms with Crippen LogP contribution >= 0.6 is 15.9 Å². The molecular weight excluding hydrogens is 534 g/mol. The van der Waals surface area contributed by atoms with Gasteiger partial charge in [-0.05, 0) is 61.4 Å². The first-order chi connectivity index (χ1) is 18.0. The number of hydrogen-bond acceptors (Lipinski definition) is 5. The Morgan fingerprint density at radius 1 is 0.919 bits per heavy atom. The molecule has 3 aromatic carbocycles. The predicted molar refractivity (Wildman–Crippen MR) is 148 cm³/mol. The highest BCUT2D eigenvalue weighted by Gasteiger charge is 2.44. The molecule has 7 heteroatoms. The van der Waals surface area contributed by atoms with Gasteiger partial charge in [-0.25, -0.2) is 0 Å². The van der Waals surface area contributed by atoms with Gasteiger partial charge in [0.15, 0.2) is 16.9 Å². The lowest BCUT2D eigenvalue weighted by Crippen LogP contribution is -2.29. The lowest BCUT2D eigenvalue weighted by molar-refractivity contribution is 0.0971. The molecule has 0 fully saturated rings. The van der Waals surface area contributed by atoms with Crippen molar-refractivity contribution in [3.8, 4) is 11.5 Å². The van der Waals surface area contributed by atoms with Crippen molar-refractivity contribution < 1.29 is 18.7 Å². The number of hydrogen-bond donors (Lipinski definition) is 0. The van der Waals surface area contributed by atoms with E-state index in [0.29, 0.717) is 46.9 Å². The van der Waals surface area contributed by atoms with E-state index in [-0.39, 0.29) is 17.1 Å². The number of rotatable bonds is 9. The maximum atomic E-state index is 13.8. The van der Waals surface area contributed by atoms with E-state index in [1.807, 2.05) is 55.5 Å². The normalized spacial score (nSPS) is 14.7. The number of halogens is 1. The molecule has 190 valence electrons. The highest BCUT2D eigenvalue weighted by Crippen LogP contribution is 2.43. The fraction of sp³-hybridized carbons (Fsp3) is 0.267. The van der Waals surface area contributed by atoms with E-state index in [2.05, 4.69) is 22.9 Å². The second kappa shape index (κ2) is 10.8. The van der Waals surface area contributed by atoms with Gasteiger partial charge in [-0.3, -0.25) is 14.5 Å². The molecule has 0 aliphatic carbocycles. The average molecular weight is 562 g/mol. The van der Waals surface area contributed by atoms with E-state index < -0.39 is 6.04 Å². The summed E-state index contributed by atoms with van der Waals surface area (Å²) in [5.41, 5.74) is 1.87. The number of fused-ring (bicyclic) bond motifs is 2. The summed E-state index contributed by atoms with van der Waals surface area (Å²) in [7, 11) is 0. The van der Waals surface area contributed by atoms with Crippen molar-refractivity contribution in [2.45, 2.75) is 39.2 Å². The number of amides is 1. The number of unbranched alkanes of at least 4 members (excludes halogenated alkanes) is 2. The molecule has 0 N–H and O–H groups in total. The SMILES string of the molecule is CCCCCOc1ccc(C2c3c(oc4ccc(Br)cc4c3=O)C(=O)N2c2ccccc2)cc1OCC. The third-order valence-electron chi connectivity index (χ3n) is 6.46. The molecule has 1 amide bonds. The molecule has 0 radical (unpaired) electrons. The molecule has 1 atom stereocenters. The average Bonchev–Trinajstić information content (AvgIpc) is 3.21. The largest absolute Gasteiger partial charge is 0.490 e. The zero-order chi connectivity index (χ0) is 25.9. The minimum atomic E-state index is -0.683. The van der Waals surface area contributed by atoms with Crippen molar-refractivity contribution in [2.24, 2.45) is 0 Å². The van der Waals surface area contributed by atoms with Crippen molar-refractivity contribution in [1.29, 1.82) is 0 Å². The summed E-state index contributed by atoms with van der Waals surface area (Å²) >= 11 is 3.44. The summed E-state index contributed by atoms with van der Waals surface area (Å²) in [5, 5.41) is 0.418. The van der Waals surface area contributed by atoms with E-state index in [0.717, 1.165) is 29.3 Å². The highest BCUT2D eigenvalue weighted by atomic mass is 79.9. The lowest BCUT2D eigenvalue weighted by atomic mass is 9.97. The first-order valence-electron chi connectivity index (χ1n) is 12.6. The first-order valence-corrected chi connectivity index (χ1v) is 13.4. The molecule has 4 aromatic rings. The maximum absolute atomic E-state index is 13.8. The Morgan fingerprint density at radius 3 is 2.49 bits per heavy atom. The molecule has 37 heavy (non-hydrogen) atoms. The van der Waals surface area contributed by atoms with E-state index in [9.17, 15) is 9.59 Å². The Balaban J connectivity index is 1.67. The molecular formula is C30H28BrNO5. The number of para-hydroxylation sites is 1. The third kappa shape index (κ3) is 4.76. The zero-order valence-corrected chi connectivity index (χ0v) is 22.4. The van der Waals surface area contributed by atoms with Crippen molar-refractivity contribution in [2.75, 3.05) is 18.1 Å². The lowest BCUT2D eigenvalue weighted by Gasteiger charge is -2.26. The van der Waals surface area contributed by atoms with Crippen LogP contribution in [0.4, 0.5) is 5.69 Å². The highest BCUT2D eigenvalue weighted by molar-refractivity contribution is 9.10. The minimum absolute atomic E-state index is 0.0616. The summed E-state index contributed by atoms with van der Waals surface area (Å²) in [4.78, 5) is 29.2. The van der Waals surface area contributed by atoms with E-state index >= 15 is 0 Å². The van der Waals surface area contributed by atoms with Gasteiger partial charge in [0.1, 0.15) is 5.58 Å². The van der Waals surface area contributed by atoms with Crippen LogP contribution in [-0.4, -0.2) is 19.1 Å². The topological polar surface area (TPSA) is 69.0 Å². The van der Waals surface area contributed by atoms with Crippen LogP contribution in [0.15, 0.2) is 80.4 Å². The van der Waals surface area contributed by atoms with Gasteiger partial charge in [0.25, 0.3) is 5.91 Å². The van der Waals surface area contributed by atoms with Gasteiger partial charge in [-0.2, -0.15) is 0 Å². The Bertz CT molecular complexity index is 1500. The van der Waals surface area contributed by atoms with Gasteiger partial charge in [0.05, 0.1) is 30.2 Å². The van der Waals surface area contributed by atoms with E-state index in [1.165, 1.54) is 0 Å². The predicted octanol–water partition coefficient (Wildman–Crippen LogP) is 7.27. The summed E-state index contributed by atoms with van der Waals surface area (Å²) in [6, 6.07) is 19.5. The monoisotopic (exact) mass is 561 g/mol. The van der Waals surface area contributed by atoms with Gasteiger partial charge < -0.3 is 13.9 Å². The quantitative estimate of drug-likeness (QED) is 0.201. The van der Waals surface area contributed by atoms with E-state index in [1.54, 1.807) is 23.1 Å². The molecule has 6 nitrogen and oxygen atoms in total. The summed E-state index contributed by atoms with van der Waals surface area (Å²) in [5.74, 6) is 0.933. The van der Waals surface area contributed by atoms with Crippen LogP contribution < -0.4 is 19.8 Å². The van der Waals surface area contributed by atoms with Crippen LogP contribution in [0.25, 0.3) is 11.0 Å². The van der Waals surface area contributed by atoms with Crippen LogP contribution in [0.2, 0.25) is 0 Å². The Labute approximate surface area is 223 Å². The Kier molecular flexibility index (Phi) is 7.33. The van der Waals surface area contributed by atoms with Crippen molar-refractivity contribution in [3.05, 3.63) is 98.3 Å². The molecule has 0 saturated carbocycles. The maximum Gasteiger partial charge on any atom is 0.295 e. The number of benzene rings is 3. The second-order valence-electron chi connectivity index (χ2n) is 8.92. The number of carbonyl (C=O) groups excluding carboxylic acids is 1. The zero-order valence-electron chi connectivity index (χ0n) is 20.8. The van der Waals surface area contributed by atoms with Crippen LogP contribution in [0.5, 0.6) is 11.5 Å². The number of carbonyl (C=O) groups is 1. The van der Waals surface area contributed by atoms with Gasteiger partial charge in [0.2, 0.25) is 5.76 Å². The van der Waals surface area contributed by atoms with Crippen LogP contribution in [0, 0.1) is 0 Å². The standard InChI is InChI=1S/C30H28BrNO5/c1-3-5-9-16-36-24-14-12-19(17-25(24)35-4-2)27-26-28(33)22-18-20(31)13-15-23(22)37-29(26)30(34)32(27)21-10-7-6-8-11-21/h6-8,10-15,17-18,27H,3-5,9,16H2,1-2H3. The molecule has 1 aliphatic rings. The van der Waals surface area contributed by atoms with Crippen LogP contribution in [0.1, 0.15) is 60.8 Å². The fourth-order valence-electron chi connectivity index (χ4n) is 4.73. The number of ether oxygens (including phenoxy) is 2. The van der Waals surface area contributed by atoms with Crippen molar-refractivity contribution in [1.82, 2.24) is 0 Å². The summed E-state index contributed by atoms with van der Waals surface area (Å²) in [6.07, 6.45) is 3.16. The van der Waals surface area contributed by atoms with Crippen LogP contribution in [-0.2, 0) is 0 Å². The van der Waals surface area contributed by atoms with Crippen molar-refractivity contribution >= 4 is 38.5 Å². The summed E-state index contributed by atoms with van der Waals surface area (Å²) < 4.78 is 18.8. The van der Waals surface area contributed by atoms with E-state index in [4.69, 9.17) is 13.9 Å². The van der Waals surface area contributed by atoms with Gasteiger partial charge in [0, 0.05) is 10.2 Å². The van der Waals surface area contributed by atoms with Gasteiger partial charge in [-0.15, -0.1) is 0 Å². The van der Waals surface area contributed by atoms with Gasteiger partial charge in [-0.1, -0.05) is 60.0 Å². The minimum Gasteiger partial charge on any atom is -0.490 e. The molecule has 0 saturated heterocycles. The fourth-order valence-corrected chi connectivity index (χ4v) is 5.09. The third-order valence-corrected chi connectivity index (χ3v) is 6.95. The molecule has 2 heterocycles. The molecule has 1 aliphatic heterocycles. The number of nitrogens with zero attached hydrogens (tertiary/aromatic N) is 1. The molecule has 1 unspecified atom stereocenters. The molecule has 5 rings (SSSR count). The summed E-state index contributed by atoms with van der Waals surface area (Å²) in [6.45, 7) is 5.12. The van der Waals surface area contributed by atoms with Gasteiger partial charge >= 0.3 is 0 Å².